The van der Waals surface area contributed by atoms with Crippen LogP contribution in [-0.2, 0) is 117 Å². The summed E-state index contributed by atoms with van der Waals surface area (Å²) in [6.45, 7) is 0. The standard InChI is InChI=1S/6C9H11NO2.2ClHO4.7Co.6N3/c6*1-10-6-7-4-3-5-8(12-2)9(7)11;2*2-1(3,4)5;;;;;;;;6*1-3-2/h6*3-6,11H,1-2H3;2*(H,2,3,4,5);;;;;;;;;;;;;/q;;;;;;;;7*+2;6*-1/p-8. The fourth-order valence-electron chi connectivity index (χ4n) is 5.61. The summed E-state index contributed by atoms with van der Waals surface area (Å²) in [7, 11) is 8.71. The van der Waals surface area contributed by atoms with Crippen LogP contribution in [0.1, 0.15) is 33.4 Å². The Hall–Kier alpha value is -9.39. The van der Waals surface area contributed by atoms with Crippen molar-refractivity contribution in [2.45, 2.75) is 0 Å². The molecule has 44 nitrogen and oxygen atoms in total. The molecule has 0 saturated carbocycles. The molecule has 0 heterocycles. The van der Waals surface area contributed by atoms with Crippen molar-refractivity contribution >= 4 is 37.3 Å². The molecule has 0 aromatic heterocycles. The maximum absolute atomic E-state index is 11.4. The van der Waals surface area contributed by atoms with E-state index in [1.165, 1.54) is 109 Å². The number of aliphatic imine (C=N–C) groups is 6. The van der Waals surface area contributed by atoms with Gasteiger partial charge in [-0.2, -0.15) is 0 Å². The molecule has 0 aliphatic rings. The molecule has 0 spiro atoms. The number of nitrogens with zero attached hydrogens (tertiary/aromatic N) is 24. The van der Waals surface area contributed by atoms with Gasteiger partial charge >= 0.3 is 117 Å². The minimum absolute atomic E-state index is 0. The van der Waals surface area contributed by atoms with E-state index in [0.29, 0.717) is 67.9 Å². The third kappa shape index (κ3) is 79.0. The fourth-order valence-corrected chi connectivity index (χ4v) is 5.61. The van der Waals surface area contributed by atoms with E-state index in [4.69, 9.17) is 132 Å². The zero-order valence-corrected chi connectivity index (χ0v) is 65.6. The van der Waals surface area contributed by atoms with Crippen LogP contribution in [0.15, 0.2) is 139 Å². The normalized spacial score (nSPS) is 8.64. The van der Waals surface area contributed by atoms with Crippen molar-refractivity contribution in [2.75, 3.05) is 84.9 Å². The van der Waals surface area contributed by atoms with Gasteiger partial charge < -0.3 is 125 Å². The quantitative estimate of drug-likeness (QED) is 0.0699. The smallest absolute Gasteiger partial charge is 0.870 e. The van der Waals surface area contributed by atoms with Crippen LogP contribution in [-0.4, -0.2) is 122 Å². The number of rotatable bonds is 12. The Morgan fingerprint density at radius 2 is 0.327 bits per heavy atom. The first kappa shape index (κ1) is 133. The summed E-state index contributed by atoms with van der Waals surface area (Å²) in [6.07, 6.45) is 9.11. The Morgan fingerprint density at radius 1 is 0.243 bits per heavy atom. The van der Waals surface area contributed by atoms with Gasteiger partial charge in [-0.1, -0.05) is 107 Å². The minimum atomic E-state index is -4.94. The van der Waals surface area contributed by atoms with Crippen LogP contribution in [0.3, 0.4) is 0 Å². The molecule has 6 aromatic rings. The predicted octanol–water partition coefficient (Wildman–Crippen LogP) is 0.572. The molecule has 6 rings (SSSR count). The van der Waals surface area contributed by atoms with Gasteiger partial charge in [-0.15, -0.1) is 20.5 Å². The monoisotopic (exact) mass is 1850 g/mol. The van der Waals surface area contributed by atoms with E-state index in [9.17, 15) is 30.6 Å². The predicted molar refractivity (Wildman–Crippen MR) is 336 cm³/mol. The molecule has 0 aliphatic carbocycles. The molecule has 0 atom stereocenters. The van der Waals surface area contributed by atoms with Gasteiger partial charge in [0, 0.05) is 79.6 Å². The van der Waals surface area contributed by atoms with E-state index in [1.807, 2.05) is 0 Å². The zero-order valence-electron chi connectivity index (χ0n) is 56.8. The molecule has 0 N–H and O–H groups in total. The Kier molecular flexibility index (Phi) is 113. The maximum Gasteiger partial charge on any atom is 2.00 e. The SMILES string of the molecule is CN=Cc1cccc(OC)c1[O-].CN=Cc1cccc(OC)c1[O-].CN=Cc1cccc(OC)c1[O-].CN=Cc1cccc(OC)c1[O-].CN=Cc1cccc(OC)c1[O-].CN=Cc1cccc(OC)c1[O-].[Co+2].[Co+2].[Co+2].[Co+2].[Co+2].[Co+2].[Co+2].[N-]=[N+]=[N-].[N-]=[N+]=[N-].[N-]=[N+]=[N-].[N-]=[N+]=[N-].[N-]=[N+]=[N-].[N-]=[N+]=[N-].[O-][Cl+3]([O-])([O-])[O-].[O-][Cl+3]([O-])([O-])[O-]. The molecule has 107 heavy (non-hydrogen) atoms. The molecular formula is C54H60Cl2Co7N24O20. The van der Waals surface area contributed by atoms with Crippen LogP contribution in [0.5, 0.6) is 69.0 Å². The van der Waals surface area contributed by atoms with Gasteiger partial charge in [0.2, 0.25) is 0 Å². The molecule has 6 aromatic carbocycles. The van der Waals surface area contributed by atoms with Crippen molar-refractivity contribution in [3.63, 3.8) is 0 Å². The van der Waals surface area contributed by atoms with Crippen LogP contribution < -0.4 is 96.3 Å². The van der Waals surface area contributed by atoms with Crippen LogP contribution in [0.2, 0.25) is 0 Å². The van der Waals surface area contributed by atoms with Crippen molar-refractivity contribution < 1.29 is 234 Å². The molecule has 0 unspecified atom stereocenters. The average Bonchev–Trinajstić information content (AvgIpc) is 0.921. The fraction of sp³-hybridized carbons (Fsp3) is 0.222. The third-order valence-electron chi connectivity index (χ3n) is 8.98. The van der Waals surface area contributed by atoms with Crippen molar-refractivity contribution in [1.82, 2.24) is 0 Å². The van der Waals surface area contributed by atoms with E-state index in [1.54, 1.807) is 151 Å². The Bertz CT molecular complexity index is 3040. The van der Waals surface area contributed by atoms with Crippen LogP contribution in [0.4, 0.5) is 0 Å². The van der Waals surface area contributed by atoms with Crippen molar-refractivity contribution in [2.24, 2.45) is 30.0 Å². The summed E-state index contributed by atoms with van der Waals surface area (Å²) in [4.78, 5) is 31.6. The second kappa shape index (κ2) is 90.8. The molecule has 0 amide bonds. The second-order valence-electron chi connectivity index (χ2n) is 14.9. The molecule has 7 radical (unpaired) electrons. The first-order valence-electron chi connectivity index (χ1n) is 25.0. The zero-order chi connectivity index (χ0) is 79.1. The number of hydrogen-bond acceptors (Lipinski definition) is 26. The number of methoxy groups -OCH3 is 6. The molecule has 0 saturated heterocycles. The topological polar surface area (TPSA) is 805 Å². The van der Waals surface area contributed by atoms with E-state index in [-0.39, 0.29) is 152 Å². The van der Waals surface area contributed by atoms with E-state index >= 15 is 0 Å². The van der Waals surface area contributed by atoms with Crippen molar-refractivity contribution in [1.29, 1.82) is 0 Å². The van der Waals surface area contributed by atoms with Crippen LogP contribution >= 0.6 is 0 Å². The molecule has 0 aliphatic heterocycles. The summed E-state index contributed by atoms with van der Waals surface area (Å²) in [5.74, 6) is 1.41. The molecule has 0 fully saturated rings. The summed E-state index contributed by atoms with van der Waals surface area (Å²) in [6, 6.07) is 30.6. The Labute approximate surface area is 688 Å². The van der Waals surface area contributed by atoms with Gasteiger partial charge in [0.15, 0.2) is 0 Å². The van der Waals surface area contributed by atoms with E-state index in [0.717, 1.165) is 0 Å². The van der Waals surface area contributed by atoms with Gasteiger partial charge in [0.05, 0.1) is 42.7 Å². The van der Waals surface area contributed by atoms with Crippen molar-refractivity contribution in [3.8, 4) is 69.0 Å². The van der Waals surface area contributed by atoms with Gasteiger partial charge in [-0.05, 0) is 69.8 Å². The number of hydrogen-bond donors (Lipinski definition) is 0. The van der Waals surface area contributed by atoms with Gasteiger partial charge in [0.1, 0.15) is 34.5 Å². The van der Waals surface area contributed by atoms with Crippen molar-refractivity contribution in [3.05, 3.63) is 238 Å². The summed E-state index contributed by atoms with van der Waals surface area (Å²) in [5, 5.41) is 68.2. The van der Waals surface area contributed by atoms with Gasteiger partial charge in [-0.25, -0.2) is 37.3 Å². The molecule has 593 valence electrons. The minimum Gasteiger partial charge on any atom is -0.870 e. The van der Waals surface area contributed by atoms with Gasteiger partial charge in [-0.3, -0.25) is 59.4 Å². The number of benzene rings is 6. The number of halogens is 2. The first-order chi connectivity index (χ1) is 47.2. The van der Waals surface area contributed by atoms with E-state index < -0.39 is 20.5 Å². The van der Waals surface area contributed by atoms with Crippen LogP contribution in [0.25, 0.3) is 95.8 Å². The summed E-state index contributed by atoms with van der Waals surface area (Å²) >= 11 is 0. The second-order valence-corrected chi connectivity index (χ2v) is 16.4. The Morgan fingerprint density at radius 3 is 0.393 bits per heavy atom. The third-order valence-corrected chi connectivity index (χ3v) is 8.98. The maximum atomic E-state index is 11.4. The molecular weight excluding hydrogens is 1790 g/mol. The van der Waals surface area contributed by atoms with Crippen LogP contribution in [0, 0.1) is 20.5 Å². The summed E-state index contributed by atoms with van der Waals surface area (Å²) < 4.78 is 97.1. The number of para-hydroxylation sites is 6. The van der Waals surface area contributed by atoms with Gasteiger partial charge in [0.25, 0.3) is 0 Å². The number of ether oxygens (including phenoxy) is 6. The largest absolute Gasteiger partial charge is 2.00 e. The Balaban J connectivity index is -0.0000000674. The first-order valence-corrected chi connectivity index (χ1v) is 27.4. The molecule has 0 bridgehead atoms. The summed E-state index contributed by atoms with van der Waals surface area (Å²) in [5.41, 5.74) is 84.3. The van der Waals surface area contributed by atoms with E-state index in [2.05, 4.69) is 30.0 Å². The molecule has 53 heteroatoms. The average molecular weight is 1850 g/mol.